The molecule has 1 saturated heterocycles. The third kappa shape index (κ3) is 5.83. The molecule has 1 fully saturated rings. The molecular weight excluding hydrogens is 488 g/mol. The van der Waals surface area contributed by atoms with E-state index >= 15 is 0 Å². The number of nitrogens with zero attached hydrogens (tertiary/aromatic N) is 3. The number of amides is 1. The van der Waals surface area contributed by atoms with Gasteiger partial charge in [0.15, 0.2) is 11.5 Å². The molecule has 7 nitrogen and oxygen atoms in total. The number of carbonyl (C=O) groups excluding carboxylic acids is 1. The minimum atomic E-state index is -0.0768. The van der Waals surface area contributed by atoms with Crippen LogP contribution in [0.25, 0.3) is 0 Å². The molecule has 7 heteroatoms. The van der Waals surface area contributed by atoms with Crippen LogP contribution in [0.15, 0.2) is 66.7 Å². The molecule has 2 aliphatic rings. The first-order valence-electron chi connectivity index (χ1n) is 14.0. The minimum absolute atomic E-state index is 0.0768. The lowest BCUT2D eigenvalue weighted by molar-refractivity contribution is 0.0690. The molecule has 0 bridgehead atoms. The zero-order chi connectivity index (χ0) is 27.2. The van der Waals surface area contributed by atoms with Crippen LogP contribution in [-0.2, 0) is 6.54 Å². The van der Waals surface area contributed by atoms with Gasteiger partial charge in [0.05, 0.1) is 20.3 Å². The maximum atomic E-state index is 13.9. The van der Waals surface area contributed by atoms with Crippen molar-refractivity contribution < 1.29 is 14.3 Å². The van der Waals surface area contributed by atoms with Crippen LogP contribution in [0.3, 0.4) is 0 Å². The number of hydrogen-bond acceptors (Lipinski definition) is 6. The number of para-hydroxylation sites is 1. The standard InChI is InChI=1S/C32H40N4O3/c1-4-34-18-20-35(21-19-34)29-13-8-12-26-27(29)23-36(32(26)37)28(14-9-17-33-25-10-6-5-7-11-25)24-15-16-30(38-2)31(22-24)39-3/h5-8,10-13,15-16,22,28,33H,4,9,14,17-21,23H2,1-3H3/t28-/m1/s1. The van der Waals surface area contributed by atoms with Crippen LogP contribution < -0.4 is 19.7 Å². The zero-order valence-electron chi connectivity index (χ0n) is 23.4. The number of likely N-dealkylation sites (N-methyl/N-ethyl adjacent to an activating group) is 1. The number of piperazine rings is 1. The van der Waals surface area contributed by atoms with Gasteiger partial charge in [0, 0.05) is 61.8 Å². The van der Waals surface area contributed by atoms with E-state index in [1.54, 1.807) is 14.2 Å². The summed E-state index contributed by atoms with van der Waals surface area (Å²) in [6.45, 7) is 8.83. The molecule has 1 amide bonds. The largest absolute Gasteiger partial charge is 0.493 e. The van der Waals surface area contributed by atoms with E-state index in [9.17, 15) is 4.79 Å². The maximum Gasteiger partial charge on any atom is 0.255 e. The first-order chi connectivity index (χ1) is 19.1. The van der Waals surface area contributed by atoms with Crippen molar-refractivity contribution in [3.8, 4) is 11.5 Å². The molecular formula is C32H40N4O3. The Kier molecular flexibility index (Phi) is 8.57. The lowest BCUT2D eigenvalue weighted by Crippen LogP contribution is -2.46. The molecule has 0 saturated carbocycles. The summed E-state index contributed by atoms with van der Waals surface area (Å²) in [6, 6.07) is 22.4. The highest BCUT2D eigenvalue weighted by molar-refractivity contribution is 6.00. The van der Waals surface area contributed by atoms with E-state index in [-0.39, 0.29) is 11.9 Å². The van der Waals surface area contributed by atoms with Crippen LogP contribution in [0.1, 0.15) is 47.3 Å². The predicted molar refractivity (Wildman–Crippen MR) is 157 cm³/mol. The number of fused-ring (bicyclic) bond motifs is 1. The topological polar surface area (TPSA) is 57.3 Å². The fourth-order valence-electron chi connectivity index (χ4n) is 5.84. The number of methoxy groups -OCH3 is 2. The van der Waals surface area contributed by atoms with Crippen LogP contribution in [0.4, 0.5) is 11.4 Å². The van der Waals surface area contributed by atoms with Gasteiger partial charge < -0.3 is 29.5 Å². The molecule has 206 valence electrons. The fourth-order valence-corrected chi connectivity index (χ4v) is 5.84. The van der Waals surface area contributed by atoms with Crippen LogP contribution in [0.2, 0.25) is 0 Å². The van der Waals surface area contributed by atoms with Crippen molar-refractivity contribution in [3.05, 3.63) is 83.4 Å². The van der Waals surface area contributed by atoms with E-state index in [1.807, 2.05) is 42.5 Å². The van der Waals surface area contributed by atoms with E-state index in [4.69, 9.17) is 9.47 Å². The molecule has 5 rings (SSSR count). The summed E-state index contributed by atoms with van der Waals surface area (Å²) >= 11 is 0. The van der Waals surface area contributed by atoms with Crippen molar-refractivity contribution in [2.24, 2.45) is 0 Å². The number of rotatable bonds is 11. The van der Waals surface area contributed by atoms with Crippen molar-refractivity contribution >= 4 is 17.3 Å². The Morgan fingerprint density at radius 2 is 1.67 bits per heavy atom. The highest BCUT2D eigenvalue weighted by Gasteiger charge is 2.36. The molecule has 0 spiro atoms. The van der Waals surface area contributed by atoms with Gasteiger partial charge in [-0.25, -0.2) is 0 Å². The molecule has 1 atom stereocenters. The molecule has 2 aliphatic heterocycles. The van der Waals surface area contributed by atoms with E-state index in [0.717, 1.165) is 74.5 Å². The molecule has 3 aromatic rings. The third-order valence-electron chi connectivity index (χ3n) is 8.06. The first-order valence-corrected chi connectivity index (χ1v) is 14.0. The Hall–Kier alpha value is -3.71. The van der Waals surface area contributed by atoms with E-state index in [0.29, 0.717) is 18.0 Å². The van der Waals surface area contributed by atoms with Crippen molar-refractivity contribution in [1.29, 1.82) is 0 Å². The first kappa shape index (κ1) is 26.9. The van der Waals surface area contributed by atoms with Gasteiger partial charge >= 0.3 is 0 Å². The highest BCUT2D eigenvalue weighted by Crippen LogP contribution is 2.40. The molecule has 0 aliphatic carbocycles. The smallest absolute Gasteiger partial charge is 0.255 e. The SMILES string of the molecule is CCN1CCN(c2cccc3c2CN([C@H](CCCNc2ccccc2)c2ccc(OC)c(OC)c2)C3=O)CC1. The predicted octanol–water partition coefficient (Wildman–Crippen LogP) is 5.44. The Morgan fingerprint density at radius 3 is 2.38 bits per heavy atom. The van der Waals surface area contributed by atoms with Crippen molar-refractivity contribution in [2.75, 3.05) is 63.7 Å². The van der Waals surface area contributed by atoms with Gasteiger partial charge in [0.2, 0.25) is 0 Å². The van der Waals surface area contributed by atoms with Crippen molar-refractivity contribution in [2.45, 2.75) is 32.4 Å². The lowest BCUT2D eigenvalue weighted by atomic mass is 9.99. The summed E-state index contributed by atoms with van der Waals surface area (Å²) in [7, 11) is 3.30. The Bertz CT molecular complexity index is 1260. The normalized spacial score (nSPS) is 16.2. The number of carbonyl (C=O) groups is 1. The summed E-state index contributed by atoms with van der Waals surface area (Å²) < 4.78 is 11.1. The number of nitrogens with one attached hydrogen (secondary N) is 1. The third-order valence-corrected chi connectivity index (χ3v) is 8.06. The molecule has 1 N–H and O–H groups in total. The summed E-state index contributed by atoms with van der Waals surface area (Å²) in [5, 5.41) is 3.51. The Balaban J connectivity index is 1.39. The lowest BCUT2D eigenvalue weighted by Gasteiger charge is -2.36. The molecule has 39 heavy (non-hydrogen) atoms. The highest BCUT2D eigenvalue weighted by atomic mass is 16.5. The van der Waals surface area contributed by atoms with Crippen LogP contribution in [0, 0.1) is 0 Å². The van der Waals surface area contributed by atoms with Gasteiger partial charge in [-0.1, -0.05) is 37.3 Å². The molecule has 2 heterocycles. The van der Waals surface area contributed by atoms with E-state index in [2.05, 4.69) is 51.2 Å². The number of anilines is 2. The van der Waals surface area contributed by atoms with E-state index < -0.39 is 0 Å². The second kappa shape index (κ2) is 12.4. The van der Waals surface area contributed by atoms with Gasteiger partial charge in [0.1, 0.15) is 0 Å². The second-order valence-electron chi connectivity index (χ2n) is 10.2. The van der Waals surface area contributed by atoms with Crippen LogP contribution in [0.5, 0.6) is 11.5 Å². The number of ether oxygens (including phenoxy) is 2. The molecule has 3 aromatic carbocycles. The van der Waals surface area contributed by atoms with Gasteiger partial charge in [-0.3, -0.25) is 4.79 Å². The summed E-state index contributed by atoms with van der Waals surface area (Å²) in [5.41, 5.74) is 5.36. The molecule has 0 aromatic heterocycles. The number of benzene rings is 3. The quantitative estimate of drug-likeness (QED) is 0.335. The Morgan fingerprint density at radius 1 is 0.897 bits per heavy atom. The van der Waals surface area contributed by atoms with Crippen molar-refractivity contribution in [1.82, 2.24) is 9.80 Å². The summed E-state index contributed by atoms with van der Waals surface area (Å²) in [4.78, 5) is 20.9. The van der Waals surface area contributed by atoms with E-state index in [1.165, 1.54) is 5.69 Å². The number of hydrogen-bond donors (Lipinski definition) is 1. The average molecular weight is 529 g/mol. The molecule has 0 radical (unpaired) electrons. The zero-order valence-corrected chi connectivity index (χ0v) is 23.4. The monoisotopic (exact) mass is 528 g/mol. The second-order valence-corrected chi connectivity index (χ2v) is 10.2. The van der Waals surface area contributed by atoms with Gasteiger partial charge in [-0.15, -0.1) is 0 Å². The summed E-state index contributed by atoms with van der Waals surface area (Å²) in [6.07, 6.45) is 1.75. The van der Waals surface area contributed by atoms with Gasteiger partial charge in [-0.05, 0) is 61.3 Å². The maximum absolute atomic E-state index is 13.9. The fraction of sp³-hybridized carbons (Fsp3) is 0.406. The average Bonchev–Trinajstić information content (AvgIpc) is 3.33. The summed E-state index contributed by atoms with van der Waals surface area (Å²) in [5.74, 6) is 1.48. The molecule has 0 unspecified atom stereocenters. The van der Waals surface area contributed by atoms with Crippen LogP contribution in [-0.4, -0.2) is 69.2 Å². The minimum Gasteiger partial charge on any atom is -0.493 e. The van der Waals surface area contributed by atoms with Crippen LogP contribution >= 0.6 is 0 Å². The van der Waals surface area contributed by atoms with Gasteiger partial charge in [-0.2, -0.15) is 0 Å². The van der Waals surface area contributed by atoms with Gasteiger partial charge in [0.25, 0.3) is 5.91 Å². The van der Waals surface area contributed by atoms with Crippen molar-refractivity contribution in [3.63, 3.8) is 0 Å². The Labute approximate surface area is 232 Å².